The standard InChI is InChI=1S/C17H20ClNO4/c18-13-1-2-14-15(23-10-22-14)12(13)9-19-5-3-17(4-6-19)7-11(8-17)16(20)21/h1-2,11H,3-10H2,(H,20,21). The highest BCUT2D eigenvalue weighted by Crippen LogP contribution is 2.53. The molecule has 3 aliphatic rings. The number of likely N-dealkylation sites (tertiary alicyclic amines) is 1. The minimum atomic E-state index is -0.637. The molecule has 0 radical (unpaired) electrons. The number of piperidine rings is 1. The van der Waals surface area contributed by atoms with E-state index in [1.807, 2.05) is 12.1 Å². The summed E-state index contributed by atoms with van der Waals surface area (Å²) in [4.78, 5) is 13.4. The van der Waals surface area contributed by atoms with E-state index < -0.39 is 5.97 Å². The molecule has 1 aromatic carbocycles. The first kappa shape index (κ1) is 15.1. The van der Waals surface area contributed by atoms with Crippen molar-refractivity contribution >= 4 is 17.6 Å². The lowest BCUT2D eigenvalue weighted by Crippen LogP contribution is -2.48. The molecule has 1 N–H and O–H groups in total. The molecule has 1 aromatic rings. The predicted octanol–water partition coefficient (Wildman–Crippen LogP) is 3.15. The van der Waals surface area contributed by atoms with Crippen LogP contribution in [0.2, 0.25) is 5.02 Å². The fourth-order valence-electron chi connectivity index (χ4n) is 4.13. The van der Waals surface area contributed by atoms with E-state index in [2.05, 4.69) is 4.90 Å². The summed E-state index contributed by atoms with van der Waals surface area (Å²) in [6.07, 6.45) is 3.82. The third-order valence-corrected chi connectivity index (χ3v) is 5.95. The van der Waals surface area contributed by atoms with Gasteiger partial charge in [0.2, 0.25) is 6.79 Å². The molecule has 0 aromatic heterocycles. The van der Waals surface area contributed by atoms with Crippen molar-refractivity contribution < 1.29 is 19.4 Å². The van der Waals surface area contributed by atoms with Crippen LogP contribution in [0, 0.1) is 11.3 Å². The zero-order valence-electron chi connectivity index (χ0n) is 12.9. The maximum Gasteiger partial charge on any atom is 0.306 e. The van der Waals surface area contributed by atoms with Crippen LogP contribution in [0.3, 0.4) is 0 Å². The van der Waals surface area contributed by atoms with Gasteiger partial charge in [0.1, 0.15) is 0 Å². The van der Waals surface area contributed by atoms with Gasteiger partial charge in [-0.3, -0.25) is 9.69 Å². The Hall–Kier alpha value is -1.46. The first-order chi connectivity index (χ1) is 11.1. The molecule has 0 bridgehead atoms. The first-order valence-electron chi connectivity index (χ1n) is 8.08. The number of carbonyl (C=O) groups is 1. The zero-order valence-corrected chi connectivity index (χ0v) is 13.6. The Bertz CT molecular complexity index is 632. The first-order valence-corrected chi connectivity index (χ1v) is 8.46. The quantitative estimate of drug-likeness (QED) is 0.918. The van der Waals surface area contributed by atoms with Crippen LogP contribution in [0.5, 0.6) is 11.5 Å². The summed E-state index contributed by atoms with van der Waals surface area (Å²) in [5.74, 6) is 0.773. The number of aliphatic carboxylic acids is 1. The highest BCUT2D eigenvalue weighted by Gasteiger charge is 2.48. The fraction of sp³-hybridized carbons (Fsp3) is 0.588. The molecule has 6 heteroatoms. The van der Waals surface area contributed by atoms with Gasteiger partial charge in [0, 0.05) is 17.1 Å². The van der Waals surface area contributed by atoms with Crippen molar-refractivity contribution in [2.75, 3.05) is 19.9 Å². The molecular formula is C17H20ClNO4. The highest BCUT2D eigenvalue weighted by molar-refractivity contribution is 6.31. The molecular weight excluding hydrogens is 318 g/mol. The molecule has 1 spiro atoms. The maximum absolute atomic E-state index is 11.0. The molecule has 5 nitrogen and oxygen atoms in total. The summed E-state index contributed by atoms with van der Waals surface area (Å²) < 4.78 is 11.0. The normalized spacial score (nSPS) is 23.0. The SMILES string of the molecule is O=C(O)C1CC2(CCN(Cc3c(Cl)ccc4c3OCO4)CC2)C1. The number of ether oxygens (including phenoxy) is 2. The van der Waals surface area contributed by atoms with Crippen molar-refractivity contribution in [3.05, 3.63) is 22.7 Å². The summed E-state index contributed by atoms with van der Waals surface area (Å²) in [5.41, 5.74) is 1.26. The van der Waals surface area contributed by atoms with E-state index >= 15 is 0 Å². The number of nitrogens with zero attached hydrogens (tertiary/aromatic N) is 1. The van der Waals surface area contributed by atoms with Gasteiger partial charge in [-0.2, -0.15) is 0 Å². The third kappa shape index (κ3) is 2.66. The smallest absolute Gasteiger partial charge is 0.306 e. The zero-order chi connectivity index (χ0) is 16.0. The fourth-order valence-corrected chi connectivity index (χ4v) is 4.34. The van der Waals surface area contributed by atoms with Gasteiger partial charge in [0.25, 0.3) is 0 Å². The average Bonchev–Trinajstić information content (AvgIpc) is 2.97. The van der Waals surface area contributed by atoms with Gasteiger partial charge in [0.05, 0.1) is 5.92 Å². The molecule has 1 saturated carbocycles. The van der Waals surface area contributed by atoms with E-state index in [0.717, 1.165) is 62.4 Å². The van der Waals surface area contributed by atoms with Gasteiger partial charge >= 0.3 is 5.97 Å². The summed E-state index contributed by atoms with van der Waals surface area (Å²) >= 11 is 6.35. The minimum absolute atomic E-state index is 0.126. The number of hydrogen-bond donors (Lipinski definition) is 1. The minimum Gasteiger partial charge on any atom is -0.481 e. The summed E-state index contributed by atoms with van der Waals surface area (Å²) in [5, 5.41) is 9.78. The van der Waals surface area contributed by atoms with Gasteiger partial charge < -0.3 is 14.6 Å². The number of rotatable bonds is 3. The molecule has 2 heterocycles. The van der Waals surface area contributed by atoms with Crippen molar-refractivity contribution in [1.29, 1.82) is 0 Å². The lowest BCUT2D eigenvalue weighted by molar-refractivity contribution is -0.152. The molecule has 0 amide bonds. The molecule has 23 heavy (non-hydrogen) atoms. The van der Waals surface area contributed by atoms with Crippen LogP contribution in [-0.2, 0) is 11.3 Å². The largest absolute Gasteiger partial charge is 0.481 e. The highest BCUT2D eigenvalue weighted by atomic mass is 35.5. The monoisotopic (exact) mass is 337 g/mol. The van der Waals surface area contributed by atoms with Gasteiger partial charge in [-0.05, 0) is 56.3 Å². The van der Waals surface area contributed by atoms with Gasteiger partial charge in [0.15, 0.2) is 11.5 Å². The Morgan fingerprint density at radius 2 is 2.04 bits per heavy atom. The average molecular weight is 338 g/mol. The molecule has 2 fully saturated rings. The second-order valence-electron chi connectivity index (χ2n) is 6.98. The lowest BCUT2D eigenvalue weighted by Gasteiger charge is -2.51. The van der Waals surface area contributed by atoms with Crippen LogP contribution >= 0.6 is 11.6 Å². The molecule has 2 aliphatic heterocycles. The van der Waals surface area contributed by atoms with Crippen molar-refractivity contribution in [3.63, 3.8) is 0 Å². The molecule has 1 saturated heterocycles. The summed E-state index contributed by atoms with van der Waals surface area (Å²) in [7, 11) is 0. The predicted molar refractivity (Wildman–Crippen MR) is 84.9 cm³/mol. The van der Waals surface area contributed by atoms with E-state index in [1.54, 1.807) is 0 Å². The Kier molecular flexibility index (Phi) is 3.65. The maximum atomic E-state index is 11.0. The van der Waals surface area contributed by atoms with Crippen molar-refractivity contribution in [3.8, 4) is 11.5 Å². The van der Waals surface area contributed by atoms with Crippen LogP contribution in [0.1, 0.15) is 31.2 Å². The Morgan fingerprint density at radius 3 is 2.74 bits per heavy atom. The number of halogens is 1. The van der Waals surface area contributed by atoms with Crippen molar-refractivity contribution in [2.24, 2.45) is 11.3 Å². The third-order valence-electron chi connectivity index (χ3n) is 5.59. The van der Waals surface area contributed by atoms with Crippen molar-refractivity contribution in [2.45, 2.75) is 32.2 Å². The van der Waals surface area contributed by atoms with Crippen LogP contribution in [-0.4, -0.2) is 35.9 Å². The number of hydrogen-bond acceptors (Lipinski definition) is 4. The van der Waals surface area contributed by atoms with E-state index in [-0.39, 0.29) is 18.1 Å². The van der Waals surface area contributed by atoms with E-state index in [0.29, 0.717) is 5.02 Å². The van der Waals surface area contributed by atoms with E-state index in [4.69, 9.17) is 26.2 Å². The number of benzene rings is 1. The van der Waals surface area contributed by atoms with Gasteiger partial charge in [-0.15, -0.1) is 0 Å². The molecule has 1 aliphatic carbocycles. The number of fused-ring (bicyclic) bond motifs is 1. The Balaban J connectivity index is 1.39. The van der Waals surface area contributed by atoms with E-state index in [9.17, 15) is 4.79 Å². The molecule has 0 unspecified atom stereocenters. The number of carboxylic acids is 1. The second-order valence-corrected chi connectivity index (χ2v) is 7.39. The summed E-state index contributed by atoms with van der Waals surface area (Å²) in [6, 6.07) is 3.71. The Morgan fingerprint density at radius 1 is 1.30 bits per heavy atom. The van der Waals surface area contributed by atoms with Gasteiger partial charge in [-0.1, -0.05) is 11.6 Å². The molecule has 0 atom stereocenters. The van der Waals surface area contributed by atoms with Gasteiger partial charge in [-0.25, -0.2) is 0 Å². The van der Waals surface area contributed by atoms with Crippen LogP contribution in [0.4, 0.5) is 0 Å². The molecule has 124 valence electrons. The van der Waals surface area contributed by atoms with E-state index in [1.165, 1.54) is 0 Å². The van der Waals surface area contributed by atoms with Crippen LogP contribution < -0.4 is 9.47 Å². The Labute approximate surface area is 140 Å². The van der Waals surface area contributed by atoms with Crippen LogP contribution in [0.25, 0.3) is 0 Å². The summed E-state index contributed by atoms with van der Waals surface area (Å²) in [6.45, 7) is 2.96. The van der Waals surface area contributed by atoms with Crippen LogP contribution in [0.15, 0.2) is 12.1 Å². The topological polar surface area (TPSA) is 59.0 Å². The molecule has 4 rings (SSSR count). The second kappa shape index (κ2) is 5.56. The lowest BCUT2D eigenvalue weighted by atomic mass is 9.57. The van der Waals surface area contributed by atoms with Crippen molar-refractivity contribution in [1.82, 2.24) is 4.90 Å². The number of carboxylic acid groups (broad SMARTS) is 1.